The molecule has 2 aromatic carbocycles. The molecule has 0 spiro atoms. The first-order valence-electron chi connectivity index (χ1n) is 19.8. The summed E-state index contributed by atoms with van der Waals surface area (Å²) in [6.07, 6.45) is 7.94. The normalized spacial score (nSPS) is 36.5. The Hall–Kier alpha value is -3.64. The van der Waals surface area contributed by atoms with Gasteiger partial charge in [-0.1, -0.05) is 106 Å². The number of carbonyl (C=O) groups excluding carboxylic acids is 2. The summed E-state index contributed by atoms with van der Waals surface area (Å²) in [5, 5.41) is 30.0. The van der Waals surface area contributed by atoms with Crippen molar-refractivity contribution in [3.63, 3.8) is 0 Å². The van der Waals surface area contributed by atoms with Crippen LogP contribution in [0, 0.1) is 11.8 Å². The van der Waals surface area contributed by atoms with E-state index < -0.39 is 41.4 Å². The lowest BCUT2D eigenvalue weighted by Gasteiger charge is -2.49. The number of hydrogen-bond acceptors (Lipinski definition) is 10. The molecule has 0 amide bonds. The van der Waals surface area contributed by atoms with E-state index in [1.165, 1.54) is 12.5 Å². The van der Waals surface area contributed by atoms with Gasteiger partial charge in [-0.05, 0) is 62.8 Å². The summed E-state index contributed by atoms with van der Waals surface area (Å²) < 4.78 is 23.9. The molecule has 4 unspecified atom stereocenters. The van der Waals surface area contributed by atoms with E-state index in [-0.39, 0.29) is 67.5 Å². The summed E-state index contributed by atoms with van der Waals surface area (Å²) in [7, 11) is 1.76. The van der Waals surface area contributed by atoms with Gasteiger partial charge in [0.2, 0.25) is 0 Å². The second kappa shape index (κ2) is 18.5. The minimum Gasteiger partial charge on any atom is -0.457 e. The minimum atomic E-state index is -1.44. The standard InChI is InChI=1S/C45H62N2O8/c1-9-35(52-8)30(4)41-42(55-41)43-44(6,47-39(33-20-14-11-15-21-33)38(46-43)32-18-12-10-13-19-32)25-16-17-28(2)40-29(3)22-23-36(53-31(5)48)45(7,51)26-24-34(49)27-37(50)54-40/h10-23,25,29-30,34-36,38-43,46-47,49,51H,9,24,26-27H2,1-8H3/b23-22+,25-16+,28-17+/t29-,30+,34+,35-,36-,38?,39?,40-,41+,42-,43?,44?,45+/m0/s1. The van der Waals surface area contributed by atoms with Crippen molar-refractivity contribution in [2.45, 2.75) is 140 Å². The first kappa shape index (κ1) is 42.5. The number of rotatable bonds is 11. The summed E-state index contributed by atoms with van der Waals surface area (Å²) >= 11 is 0. The molecule has 13 atom stereocenters. The Morgan fingerprint density at radius 2 is 1.67 bits per heavy atom. The van der Waals surface area contributed by atoms with Gasteiger partial charge in [-0.2, -0.15) is 0 Å². The molecular weight excluding hydrogens is 697 g/mol. The van der Waals surface area contributed by atoms with E-state index in [0.29, 0.717) is 0 Å². The number of carbonyl (C=O) groups is 2. The van der Waals surface area contributed by atoms with Gasteiger partial charge in [0.15, 0.2) is 0 Å². The van der Waals surface area contributed by atoms with Crippen LogP contribution in [0.25, 0.3) is 0 Å². The van der Waals surface area contributed by atoms with Gasteiger partial charge in [-0.25, -0.2) is 0 Å². The lowest BCUT2D eigenvalue weighted by atomic mass is 9.78. The maximum Gasteiger partial charge on any atom is 0.309 e. The van der Waals surface area contributed by atoms with Crippen LogP contribution in [-0.4, -0.2) is 83.1 Å². The number of aliphatic hydroxyl groups is 2. The van der Waals surface area contributed by atoms with Crippen molar-refractivity contribution in [3.05, 3.63) is 108 Å². The Bertz CT molecular complexity index is 1660. The van der Waals surface area contributed by atoms with Crippen LogP contribution in [0.1, 0.15) is 97.4 Å². The van der Waals surface area contributed by atoms with Gasteiger partial charge in [-0.3, -0.25) is 14.9 Å². The summed E-state index contributed by atoms with van der Waals surface area (Å²) in [6.45, 7) is 13.2. The number of allylic oxidation sites excluding steroid dienone is 2. The maximum atomic E-state index is 13.1. The van der Waals surface area contributed by atoms with Crippen molar-refractivity contribution in [3.8, 4) is 0 Å². The predicted molar refractivity (Wildman–Crippen MR) is 213 cm³/mol. The number of nitrogens with one attached hydrogen (secondary N) is 2. The number of aliphatic hydroxyl groups excluding tert-OH is 1. The molecular formula is C45H62N2O8. The highest BCUT2D eigenvalue weighted by molar-refractivity contribution is 5.70. The molecule has 55 heavy (non-hydrogen) atoms. The first-order chi connectivity index (χ1) is 26.2. The lowest BCUT2D eigenvalue weighted by molar-refractivity contribution is -0.157. The summed E-state index contributed by atoms with van der Waals surface area (Å²) in [5.74, 6) is -1.20. The van der Waals surface area contributed by atoms with E-state index in [4.69, 9.17) is 18.9 Å². The first-order valence-corrected chi connectivity index (χ1v) is 19.8. The lowest BCUT2D eigenvalue weighted by Crippen LogP contribution is -2.67. The average molecular weight is 759 g/mol. The number of piperazine rings is 1. The third-order valence-electron chi connectivity index (χ3n) is 11.7. The number of esters is 2. The second-order valence-electron chi connectivity index (χ2n) is 16.2. The molecule has 0 saturated carbocycles. The van der Waals surface area contributed by atoms with Crippen molar-refractivity contribution in [2.75, 3.05) is 7.11 Å². The zero-order chi connectivity index (χ0) is 39.9. The van der Waals surface area contributed by atoms with E-state index in [1.54, 1.807) is 20.1 Å². The molecule has 4 N–H and O–H groups in total. The molecule has 10 heteroatoms. The molecule has 2 saturated heterocycles. The number of epoxide rings is 1. The quantitative estimate of drug-likeness (QED) is 0.0876. The van der Waals surface area contributed by atoms with Crippen LogP contribution in [0.4, 0.5) is 0 Å². The van der Waals surface area contributed by atoms with Gasteiger partial charge in [0, 0.05) is 25.9 Å². The van der Waals surface area contributed by atoms with Crippen LogP contribution < -0.4 is 10.6 Å². The molecule has 0 aliphatic carbocycles. The molecule has 3 heterocycles. The molecule has 5 rings (SSSR count). The van der Waals surface area contributed by atoms with Crippen LogP contribution in [-0.2, 0) is 28.5 Å². The number of hydrogen-bond donors (Lipinski definition) is 4. The smallest absolute Gasteiger partial charge is 0.309 e. The molecule has 2 fully saturated rings. The Labute approximate surface area is 327 Å². The number of ether oxygens (including phenoxy) is 4. The SMILES string of the molecule is CC[C@H](OC)[C@@H](C)[C@H]1O[C@@H]1C1NC(c2ccccc2)C(c2ccccc2)NC1(C)/C=C/C=C(\C)[C@@H]1OC(=O)C[C@H](O)CC[C@@](C)(O)[C@@H](OC(C)=O)/C=C/[C@@H]1C. The zero-order valence-corrected chi connectivity index (χ0v) is 33.7. The van der Waals surface area contributed by atoms with Crippen molar-refractivity contribution < 1.29 is 38.7 Å². The minimum absolute atomic E-state index is 0.0223. The summed E-state index contributed by atoms with van der Waals surface area (Å²) in [5.41, 5.74) is 1.10. The number of methoxy groups -OCH3 is 1. The van der Waals surface area contributed by atoms with E-state index in [1.807, 2.05) is 44.2 Å². The number of cyclic esters (lactones) is 1. The Morgan fingerprint density at radius 3 is 2.27 bits per heavy atom. The van der Waals surface area contributed by atoms with E-state index >= 15 is 0 Å². The molecule has 10 nitrogen and oxygen atoms in total. The van der Waals surface area contributed by atoms with Gasteiger partial charge < -0.3 is 34.5 Å². The van der Waals surface area contributed by atoms with Gasteiger partial charge in [0.1, 0.15) is 23.9 Å². The zero-order valence-electron chi connectivity index (χ0n) is 33.7. The van der Waals surface area contributed by atoms with Gasteiger partial charge in [0.25, 0.3) is 0 Å². The highest BCUT2D eigenvalue weighted by atomic mass is 16.6. The van der Waals surface area contributed by atoms with Crippen LogP contribution in [0.15, 0.2) is 96.6 Å². The highest BCUT2D eigenvalue weighted by Gasteiger charge is 2.57. The fraction of sp³-hybridized carbons (Fsp3) is 0.556. The largest absolute Gasteiger partial charge is 0.457 e. The van der Waals surface area contributed by atoms with Crippen LogP contribution >= 0.6 is 0 Å². The van der Waals surface area contributed by atoms with Crippen molar-refractivity contribution >= 4 is 11.9 Å². The van der Waals surface area contributed by atoms with Crippen LogP contribution in [0.5, 0.6) is 0 Å². The molecule has 0 aromatic heterocycles. The second-order valence-corrected chi connectivity index (χ2v) is 16.2. The van der Waals surface area contributed by atoms with Crippen molar-refractivity contribution in [1.82, 2.24) is 10.6 Å². The Balaban J connectivity index is 1.49. The maximum absolute atomic E-state index is 13.1. The van der Waals surface area contributed by atoms with E-state index in [9.17, 15) is 19.8 Å². The molecule has 300 valence electrons. The molecule has 3 aliphatic rings. The van der Waals surface area contributed by atoms with Gasteiger partial charge in [0.05, 0.1) is 48.4 Å². The Morgan fingerprint density at radius 1 is 1.04 bits per heavy atom. The summed E-state index contributed by atoms with van der Waals surface area (Å²) in [6, 6.07) is 20.8. The third kappa shape index (κ3) is 10.6. The predicted octanol–water partition coefficient (Wildman–Crippen LogP) is 6.45. The van der Waals surface area contributed by atoms with Crippen molar-refractivity contribution in [2.24, 2.45) is 11.8 Å². The average Bonchev–Trinajstić information content (AvgIpc) is 3.95. The number of benzene rings is 2. The van der Waals surface area contributed by atoms with Crippen LogP contribution in [0.2, 0.25) is 0 Å². The molecule has 2 aromatic rings. The van der Waals surface area contributed by atoms with E-state index in [0.717, 1.165) is 17.6 Å². The Kier molecular flexibility index (Phi) is 14.3. The molecule has 3 aliphatic heterocycles. The fourth-order valence-electron chi connectivity index (χ4n) is 8.36. The topological polar surface area (TPSA) is 139 Å². The third-order valence-corrected chi connectivity index (χ3v) is 11.7. The van der Waals surface area contributed by atoms with Crippen molar-refractivity contribution in [1.29, 1.82) is 0 Å². The van der Waals surface area contributed by atoms with Gasteiger partial charge in [-0.15, -0.1) is 0 Å². The highest BCUT2D eigenvalue weighted by Crippen LogP contribution is 2.44. The fourth-order valence-corrected chi connectivity index (χ4v) is 8.36. The monoisotopic (exact) mass is 758 g/mol. The molecule has 0 bridgehead atoms. The van der Waals surface area contributed by atoms with Gasteiger partial charge >= 0.3 is 11.9 Å². The van der Waals surface area contributed by atoms with E-state index in [2.05, 4.69) is 86.0 Å². The summed E-state index contributed by atoms with van der Waals surface area (Å²) in [4.78, 5) is 25.1. The molecule has 0 radical (unpaired) electrons. The van der Waals surface area contributed by atoms with Crippen LogP contribution in [0.3, 0.4) is 0 Å².